The Bertz CT molecular complexity index is 403. The number of carbonyl (C=O) groups is 1. The quantitative estimate of drug-likeness (QED) is 0.575. The molecule has 0 radical (unpaired) electrons. The minimum atomic E-state index is -0.528. The molecule has 0 heterocycles. The molecule has 0 aromatic heterocycles. The average molecular weight is 344 g/mol. The molecule has 0 fully saturated rings. The van der Waals surface area contributed by atoms with Crippen molar-refractivity contribution >= 4 is 22.0 Å². The summed E-state index contributed by atoms with van der Waals surface area (Å²) >= 11 is 3.35. The van der Waals surface area contributed by atoms with Gasteiger partial charge in [0, 0.05) is 5.33 Å². The number of hydroxylamine groups is 2. The monoisotopic (exact) mass is 343 g/mol. The van der Waals surface area contributed by atoms with Crippen LogP contribution in [0, 0.1) is 0 Å². The summed E-state index contributed by atoms with van der Waals surface area (Å²) in [5, 5.41) is 2.10. The number of halogens is 1. The van der Waals surface area contributed by atoms with Crippen molar-refractivity contribution < 1.29 is 14.4 Å². The van der Waals surface area contributed by atoms with Gasteiger partial charge in [-0.2, -0.15) is 5.06 Å². The molecule has 1 rings (SSSR count). The molecule has 20 heavy (non-hydrogen) atoms. The zero-order valence-electron chi connectivity index (χ0n) is 12.3. The summed E-state index contributed by atoms with van der Waals surface area (Å²) in [6.07, 6.45) is 0.350. The van der Waals surface area contributed by atoms with Crippen molar-refractivity contribution in [1.29, 1.82) is 0 Å². The van der Waals surface area contributed by atoms with E-state index < -0.39 is 11.7 Å². The maximum atomic E-state index is 12.0. The molecule has 0 aliphatic heterocycles. The molecule has 0 saturated heterocycles. The number of hydrogen-bond donors (Lipinski definition) is 0. The summed E-state index contributed by atoms with van der Waals surface area (Å²) in [6.45, 7) is 6.36. The van der Waals surface area contributed by atoms with Crippen molar-refractivity contribution in [2.24, 2.45) is 0 Å². The third-order valence-electron chi connectivity index (χ3n) is 2.32. The van der Waals surface area contributed by atoms with Gasteiger partial charge in [0.15, 0.2) is 0 Å². The molecule has 5 heteroatoms. The molecule has 0 aliphatic rings. The van der Waals surface area contributed by atoms with Crippen LogP contribution in [0.25, 0.3) is 0 Å². The van der Waals surface area contributed by atoms with Gasteiger partial charge in [0.25, 0.3) is 0 Å². The molecular weight excluding hydrogens is 322 g/mol. The Morgan fingerprint density at radius 3 is 2.45 bits per heavy atom. The van der Waals surface area contributed by atoms with E-state index in [0.29, 0.717) is 13.2 Å². The first-order valence-corrected chi connectivity index (χ1v) is 7.78. The van der Waals surface area contributed by atoms with E-state index in [9.17, 15) is 4.79 Å². The number of carbonyl (C=O) groups excluding carboxylic acids is 1. The van der Waals surface area contributed by atoms with Crippen LogP contribution in [0.4, 0.5) is 4.79 Å². The Labute approximate surface area is 129 Å². The number of alkyl halides is 1. The van der Waals surface area contributed by atoms with Crippen LogP contribution in [-0.4, -0.2) is 28.6 Å². The second-order valence-corrected chi connectivity index (χ2v) is 6.18. The molecule has 0 spiro atoms. The zero-order valence-corrected chi connectivity index (χ0v) is 13.9. The van der Waals surface area contributed by atoms with Gasteiger partial charge in [-0.25, -0.2) is 4.79 Å². The molecule has 1 aromatic rings. The fourth-order valence-electron chi connectivity index (χ4n) is 1.45. The number of benzene rings is 1. The number of hydrogen-bond acceptors (Lipinski definition) is 3. The standard InChI is InChI=1S/C15H22BrNO3/c1-15(2,3)20-14(18)17(11-7-10-16)19-12-13-8-5-4-6-9-13/h4-6,8-9H,7,10-12H2,1-3H3. The van der Waals surface area contributed by atoms with Crippen molar-refractivity contribution in [1.82, 2.24) is 5.06 Å². The average Bonchev–Trinajstić information content (AvgIpc) is 2.38. The molecule has 0 bridgehead atoms. The van der Waals surface area contributed by atoms with Crippen LogP contribution in [0.15, 0.2) is 30.3 Å². The van der Waals surface area contributed by atoms with Crippen molar-refractivity contribution in [3.8, 4) is 0 Å². The lowest BCUT2D eigenvalue weighted by atomic mass is 10.2. The number of ether oxygens (including phenoxy) is 1. The summed E-state index contributed by atoms with van der Waals surface area (Å²) in [4.78, 5) is 17.6. The number of nitrogens with zero attached hydrogens (tertiary/aromatic N) is 1. The van der Waals surface area contributed by atoms with Crippen LogP contribution in [0.5, 0.6) is 0 Å². The lowest BCUT2D eigenvalue weighted by molar-refractivity contribution is -0.155. The van der Waals surface area contributed by atoms with Crippen LogP contribution in [0.2, 0.25) is 0 Å². The van der Waals surface area contributed by atoms with Gasteiger partial charge >= 0.3 is 6.09 Å². The van der Waals surface area contributed by atoms with Gasteiger partial charge in [-0.05, 0) is 32.8 Å². The molecule has 1 amide bonds. The minimum absolute atomic E-state index is 0.350. The first-order chi connectivity index (χ1) is 9.42. The Balaban J connectivity index is 2.57. The summed E-state index contributed by atoms with van der Waals surface area (Å²) < 4.78 is 5.33. The Morgan fingerprint density at radius 1 is 1.25 bits per heavy atom. The summed E-state index contributed by atoms with van der Waals surface area (Å²) in [6, 6.07) is 9.74. The minimum Gasteiger partial charge on any atom is -0.442 e. The summed E-state index contributed by atoms with van der Waals surface area (Å²) in [7, 11) is 0. The molecule has 0 N–H and O–H groups in total. The third-order valence-corrected chi connectivity index (χ3v) is 2.88. The number of amides is 1. The Morgan fingerprint density at radius 2 is 1.90 bits per heavy atom. The van der Waals surface area contributed by atoms with Crippen LogP contribution in [-0.2, 0) is 16.2 Å². The molecule has 112 valence electrons. The van der Waals surface area contributed by atoms with Crippen LogP contribution in [0.1, 0.15) is 32.8 Å². The number of rotatable bonds is 6. The van der Waals surface area contributed by atoms with E-state index in [-0.39, 0.29) is 0 Å². The third kappa shape index (κ3) is 6.91. The molecule has 0 aliphatic carbocycles. The van der Waals surface area contributed by atoms with E-state index in [4.69, 9.17) is 9.57 Å². The molecule has 0 unspecified atom stereocenters. The van der Waals surface area contributed by atoms with E-state index >= 15 is 0 Å². The van der Waals surface area contributed by atoms with Gasteiger partial charge in [0.05, 0.1) is 6.54 Å². The largest absolute Gasteiger partial charge is 0.442 e. The molecule has 0 atom stereocenters. The maximum absolute atomic E-state index is 12.0. The van der Waals surface area contributed by atoms with E-state index in [1.165, 1.54) is 5.06 Å². The van der Waals surface area contributed by atoms with Gasteiger partial charge in [0.1, 0.15) is 12.2 Å². The normalized spacial score (nSPS) is 11.2. The smallest absolute Gasteiger partial charge is 0.434 e. The SMILES string of the molecule is CC(C)(C)OC(=O)N(CCCBr)OCc1ccccc1. The lowest BCUT2D eigenvalue weighted by Gasteiger charge is -2.26. The highest BCUT2D eigenvalue weighted by Gasteiger charge is 2.22. The van der Waals surface area contributed by atoms with E-state index in [1.54, 1.807) is 0 Å². The topological polar surface area (TPSA) is 38.8 Å². The highest BCUT2D eigenvalue weighted by atomic mass is 79.9. The fraction of sp³-hybridized carbons (Fsp3) is 0.533. The predicted molar refractivity (Wildman–Crippen MR) is 82.6 cm³/mol. The molecular formula is C15H22BrNO3. The van der Waals surface area contributed by atoms with Gasteiger partial charge in [-0.15, -0.1) is 0 Å². The first-order valence-electron chi connectivity index (χ1n) is 6.65. The fourth-order valence-corrected chi connectivity index (χ4v) is 1.70. The molecule has 1 aromatic carbocycles. The highest BCUT2D eigenvalue weighted by molar-refractivity contribution is 9.09. The van der Waals surface area contributed by atoms with E-state index in [1.807, 2.05) is 51.1 Å². The van der Waals surface area contributed by atoms with Gasteiger partial charge < -0.3 is 4.74 Å². The van der Waals surface area contributed by atoms with Crippen molar-refractivity contribution in [2.75, 3.05) is 11.9 Å². The zero-order chi connectivity index (χ0) is 15.0. The summed E-state index contributed by atoms with van der Waals surface area (Å²) in [5.41, 5.74) is 0.486. The Kier molecular flexibility index (Phi) is 7.02. The highest BCUT2D eigenvalue weighted by Crippen LogP contribution is 2.12. The van der Waals surface area contributed by atoms with Crippen LogP contribution in [0.3, 0.4) is 0 Å². The summed E-state index contributed by atoms with van der Waals surface area (Å²) in [5.74, 6) is 0. The van der Waals surface area contributed by atoms with Gasteiger partial charge in [-0.1, -0.05) is 46.3 Å². The van der Waals surface area contributed by atoms with Crippen molar-refractivity contribution in [3.05, 3.63) is 35.9 Å². The molecule has 4 nitrogen and oxygen atoms in total. The van der Waals surface area contributed by atoms with Crippen molar-refractivity contribution in [2.45, 2.75) is 39.4 Å². The van der Waals surface area contributed by atoms with E-state index in [2.05, 4.69) is 15.9 Å². The van der Waals surface area contributed by atoms with Gasteiger partial charge in [-0.3, -0.25) is 4.84 Å². The molecule has 0 saturated carbocycles. The first kappa shape index (κ1) is 17.0. The van der Waals surface area contributed by atoms with Gasteiger partial charge in [0.2, 0.25) is 0 Å². The van der Waals surface area contributed by atoms with Crippen molar-refractivity contribution in [3.63, 3.8) is 0 Å². The second kappa shape index (κ2) is 8.27. The maximum Gasteiger partial charge on any atom is 0.434 e. The predicted octanol–water partition coefficient (Wildman–Crippen LogP) is 4.14. The lowest BCUT2D eigenvalue weighted by Crippen LogP contribution is -2.37. The van der Waals surface area contributed by atoms with Crippen LogP contribution < -0.4 is 0 Å². The Hall–Kier alpha value is -1.07. The van der Waals surface area contributed by atoms with Crippen LogP contribution >= 0.6 is 15.9 Å². The second-order valence-electron chi connectivity index (χ2n) is 5.38. The van der Waals surface area contributed by atoms with E-state index in [0.717, 1.165) is 17.3 Å².